The van der Waals surface area contributed by atoms with Crippen LogP contribution >= 0.6 is 60.1 Å². The van der Waals surface area contributed by atoms with Crippen LogP contribution in [0.3, 0.4) is 0 Å². The Morgan fingerprint density at radius 1 is 0.275 bits per heavy atom. The maximum absolute atomic E-state index is 3.71. The van der Waals surface area contributed by atoms with Gasteiger partial charge in [0.15, 0.2) is 0 Å². The fraction of sp³-hybridized carbons (Fsp3) is 0. The molecule has 8 rings (SSSR count). The Labute approximate surface area is 265 Å². The maximum atomic E-state index is 3.71. The van der Waals surface area contributed by atoms with E-state index in [9.17, 15) is 0 Å². The van der Waals surface area contributed by atoms with Crippen molar-refractivity contribution in [3.05, 3.63) is 142 Å². The third kappa shape index (κ3) is 4.96. The van der Waals surface area contributed by atoms with Crippen LogP contribution in [-0.2, 0) is 0 Å². The number of hydrogen-bond donors (Lipinski definition) is 0. The average molecular weight is 774 g/mol. The van der Waals surface area contributed by atoms with Crippen LogP contribution in [0.15, 0.2) is 142 Å². The molecule has 0 bridgehead atoms. The summed E-state index contributed by atoms with van der Waals surface area (Å²) in [7, 11) is 0. The van der Waals surface area contributed by atoms with Gasteiger partial charge in [-0.3, -0.25) is 0 Å². The van der Waals surface area contributed by atoms with Crippen LogP contribution < -0.4 is 0 Å². The Kier molecular flexibility index (Phi) is 8.22. The molecule has 40 heavy (non-hydrogen) atoms. The molecule has 0 heterocycles. The number of benzene rings is 8. The van der Waals surface area contributed by atoms with Crippen molar-refractivity contribution in [3.8, 4) is 0 Å². The first-order valence-electron chi connectivity index (χ1n) is 12.8. The van der Waals surface area contributed by atoms with Crippen molar-refractivity contribution in [2.75, 3.05) is 0 Å². The topological polar surface area (TPSA) is 0 Å². The van der Waals surface area contributed by atoms with Crippen LogP contribution in [0.2, 0.25) is 0 Å². The van der Waals surface area contributed by atoms with E-state index in [1.54, 1.807) is 0 Å². The summed E-state index contributed by atoms with van der Waals surface area (Å²) < 4.78 is 2.29. The minimum Gasteiger partial charge on any atom is -0.0616 e. The summed E-state index contributed by atoms with van der Waals surface area (Å²) in [6, 6.07) is 47.5. The van der Waals surface area contributed by atoms with Gasteiger partial charge in [-0.15, -0.1) is 0 Å². The smallest absolute Gasteiger partial charge is 0.0260 e. The van der Waals surface area contributed by atoms with Crippen molar-refractivity contribution >= 4 is 125 Å². The summed E-state index contributed by atoms with van der Waals surface area (Å²) in [5.74, 6) is 0. The van der Waals surface area contributed by atoms with Gasteiger partial charge in [0, 0.05) is 37.2 Å². The van der Waals surface area contributed by atoms with Crippen LogP contribution in [0.1, 0.15) is 0 Å². The lowest BCUT2D eigenvalue weighted by atomic mass is 9.97. The normalized spacial score (nSPS) is 11.0. The summed E-state index contributed by atoms with van der Waals surface area (Å²) >= 11 is 12.9. The van der Waals surface area contributed by atoms with E-state index in [0.29, 0.717) is 0 Å². The molecule has 0 amide bonds. The summed E-state index contributed by atoms with van der Waals surface area (Å²) in [4.78, 5) is 0. The second kappa shape index (κ2) is 12.0. The molecule has 0 aromatic heterocycles. The molecule has 0 N–H and O–H groups in total. The van der Waals surface area contributed by atoms with Crippen LogP contribution in [0.25, 0.3) is 64.6 Å². The van der Waals surface area contributed by atoms with E-state index >= 15 is 0 Å². The zero-order valence-electron chi connectivity index (χ0n) is 21.2. The highest BCUT2D eigenvalue weighted by molar-refractivity contribution is 9.93. The molecule has 0 saturated heterocycles. The van der Waals surface area contributed by atoms with Gasteiger partial charge in [-0.1, -0.05) is 153 Å². The molecular formula is C36H22Br4. The van der Waals surface area contributed by atoms with Crippen LogP contribution in [0, 0.1) is 0 Å². The minimum absolute atomic E-state index is 1.15. The number of fused-ring (bicyclic) bond motifs is 10. The van der Waals surface area contributed by atoms with E-state index in [1.807, 2.05) is 0 Å². The SMILES string of the molecule is BrBr.Brc1cc2c3ccccc3c(Br)cc2c2ccccc12.c1ccc2c(c1)ccc1c3ccccc3ccc21. The highest BCUT2D eigenvalue weighted by Crippen LogP contribution is 2.38. The lowest BCUT2D eigenvalue weighted by Gasteiger charge is -2.11. The average Bonchev–Trinajstić information content (AvgIpc) is 3.03. The molecule has 0 fully saturated rings. The molecular weight excluding hydrogens is 752 g/mol. The van der Waals surface area contributed by atoms with E-state index < -0.39 is 0 Å². The van der Waals surface area contributed by atoms with Gasteiger partial charge in [0.25, 0.3) is 0 Å². The number of halogens is 4. The van der Waals surface area contributed by atoms with Crippen molar-refractivity contribution < 1.29 is 0 Å². The Morgan fingerprint density at radius 2 is 0.575 bits per heavy atom. The first kappa shape index (κ1) is 27.4. The predicted molar refractivity (Wildman–Crippen MR) is 191 cm³/mol. The van der Waals surface area contributed by atoms with Gasteiger partial charge in [-0.2, -0.15) is 0 Å². The Morgan fingerprint density at radius 3 is 0.975 bits per heavy atom. The molecule has 8 aromatic carbocycles. The quantitative estimate of drug-likeness (QED) is 0.135. The standard InChI is InChI=1S/C18H10Br2.C18H12.Br2/c19-17-10-16-12-6-2-4-8-14(12)18(20)9-15(16)11-5-1-3-7-13(11)17;1-3-7-15-13(5-1)9-11-18-16-8-4-2-6-14(16)10-12-17(15)18;1-2/h1-10H;1-12H;. The molecule has 0 nitrogen and oxygen atoms in total. The zero-order chi connectivity index (χ0) is 27.6. The van der Waals surface area contributed by atoms with Crippen LogP contribution in [0.5, 0.6) is 0 Å². The first-order chi connectivity index (χ1) is 19.7. The molecule has 194 valence electrons. The summed E-state index contributed by atoms with van der Waals surface area (Å²) in [6.07, 6.45) is 0. The van der Waals surface area contributed by atoms with Crippen molar-refractivity contribution in [2.45, 2.75) is 0 Å². The molecule has 0 atom stereocenters. The summed E-state index contributed by atoms with van der Waals surface area (Å²) in [6.45, 7) is 0. The van der Waals surface area contributed by atoms with Gasteiger partial charge in [-0.25, -0.2) is 0 Å². The van der Waals surface area contributed by atoms with Crippen LogP contribution in [-0.4, -0.2) is 0 Å². The van der Waals surface area contributed by atoms with Crippen molar-refractivity contribution in [1.29, 1.82) is 0 Å². The third-order valence-corrected chi connectivity index (χ3v) is 8.74. The minimum atomic E-state index is 1.15. The first-order valence-corrected chi connectivity index (χ1v) is 18.1. The summed E-state index contributed by atoms with van der Waals surface area (Å²) in [5.41, 5.74) is 0. The van der Waals surface area contributed by atoms with Gasteiger partial charge < -0.3 is 0 Å². The molecule has 0 aliphatic heterocycles. The Hall–Kier alpha value is -2.76. The van der Waals surface area contributed by atoms with Gasteiger partial charge >= 0.3 is 0 Å². The Bertz CT molecular complexity index is 2010. The van der Waals surface area contributed by atoms with Gasteiger partial charge in [-0.05, 0) is 76.8 Å². The van der Waals surface area contributed by atoms with Crippen molar-refractivity contribution in [2.24, 2.45) is 0 Å². The van der Waals surface area contributed by atoms with E-state index in [2.05, 4.69) is 194 Å². The molecule has 0 saturated carbocycles. The van der Waals surface area contributed by atoms with E-state index in [0.717, 1.165) is 8.95 Å². The van der Waals surface area contributed by atoms with Crippen LogP contribution in [0.4, 0.5) is 0 Å². The molecule has 8 aromatic rings. The Balaban J connectivity index is 0.000000137. The molecule has 0 aliphatic rings. The molecule has 0 radical (unpaired) electrons. The highest BCUT2D eigenvalue weighted by atomic mass is 80.9. The molecule has 4 heteroatoms. The van der Waals surface area contributed by atoms with E-state index in [4.69, 9.17) is 0 Å². The number of hydrogen-bond acceptors (Lipinski definition) is 0. The van der Waals surface area contributed by atoms with Crippen molar-refractivity contribution in [3.63, 3.8) is 0 Å². The summed E-state index contributed by atoms with van der Waals surface area (Å²) in [5, 5.41) is 15.6. The third-order valence-electron chi connectivity index (χ3n) is 7.43. The second-order valence-electron chi connectivity index (χ2n) is 9.57. The van der Waals surface area contributed by atoms with Gasteiger partial charge in [0.2, 0.25) is 0 Å². The zero-order valence-corrected chi connectivity index (χ0v) is 27.6. The molecule has 0 spiro atoms. The van der Waals surface area contributed by atoms with Gasteiger partial charge in [0.05, 0.1) is 0 Å². The maximum Gasteiger partial charge on any atom is 0.0260 e. The van der Waals surface area contributed by atoms with Gasteiger partial charge in [0.1, 0.15) is 0 Å². The van der Waals surface area contributed by atoms with E-state index in [-0.39, 0.29) is 0 Å². The predicted octanol–water partition coefficient (Wildman–Crippen LogP) is 13.5. The van der Waals surface area contributed by atoms with E-state index in [1.165, 1.54) is 64.6 Å². The molecule has 0 aliphatic carbocycles. The lowest BCUT2D eigenvalue weighted by Crippen LogP contribution is -1.83. The second-order valence-corrected chi connectivity index (χ2v) is 11.3. The largest absolute Gasteiger partial charge is 0.0616 e. The fourth-order valence-corrected chi connectivity index (χ4v) is 6.78. The molecule has 0 unspecified atom stereocenters. The van der Waals surface area contributed by atoms with Crippen molar-refractivity contribution in [1.82, 2.24) is 0 Å². The monoisotopic (exact) mass is 770 g/mol. The number of rotatable bonds is 0. The lowest BCUT2D eigenvalue weighted by molar-refractivity contribution is 1.73. The highest BCUT2D eigenvalue weighted by Gasteiger charge is 2.10. The fourth-order valence-electron chi connectivity index (χ4n) is 5.63.